The molecule has 0 saturated carbocycles. The molecule has 0 atom stereocenters. The number of anilines is 1. The lowest BCUT2D eigenvalue weighted by Crippen LogP contribution is -2.20. The van der Waals surface area contributed by atoms with Gasteiger partial charge in [0.2, 0.25) is 0 Å². The molecule has 0 aliphatic rings. The first-order valence-corrected chi connectivity index (χ1v) is 9.11. The van der Waals surface area contributed by atoms with E-state index in [-0.39, 0.29) is 18.5 Å². The minimum atomic E-state index is -0.355. The average Bonchev–Trinajstić information content (AvgIpc) is 2.59. The molecule has 0 bridgehead atoms. The fourth-order valence-corrected chi connectivity index (χ4v) is 2.52. The number of hydrogen-bond donors (Lipinski definition) is 1. The largest absolute Gasteiger partial charge is 0.484 e. The highest BCUT2D eigenvalue weighted by atomic mass is 16.5. The van der Waals surface area contributed by atoms with E-state index in [4.69, 9.17) is 9.47 Å². The van der Waals surface area contributed by atoms with Gasteiger partial charge in [0, 0.05) is 5.69 Å². The molecule has 0 spiro atoms. The molecule has 2 rings (SSSR count). The number of ether oxygens (including phenoxy) is 2. The van der Waals surface area contributed by atoms with Crippen LogP contribution in [0.25, 0.3) is 0 Å². The fourth-order valence-electron chi connectivity index (χ4n) is 2.52. The first kappa shape index (κ1) is 20.5. The summed E-state index contributed by atoms with van der Waals surface area (Å²) in [5.41, 5.74) is 3.23. The van der Waals surface area contributed by atoms with Crippen LogP contribution in [-0.2, 0) is 9.53 Å². The zero-order valence-electron chi connectivity index (χ0n) is 16.4. The molecule has 5 nitrogen and oxygen atoms in total. The Hall–Kier alpha value is -2.82. The van der Waals surface area contributed by atoms with E-state index in [9.17, 15) is 9.59 Å². The van der Waals surface area contributed by atoms with Gasteiger partial charge in [-0.15, -0.1) is 0 Å². The van der Waals surface area contributed by atoms with E-state index in [0.717, 1.165) is 17.5 Å². The molecule has 0 heterocycles. The Morgan fingerprint density at radius 3 is 2.22 bits per heavy atom. The lowest BCUT2D eigenvalue weighted by Gasteiger charge is -2.10. The van der Waals surface area contributed by atoms with E-state index in [1.807, 2.05) is 32.0 Å². The van der Waals surface area contributed by atoms with Gasteiger partial charge in [-0.2, -0.15) is 0 Å². The van der Waals surface area contributed by atoms with Crippen molar-refractivity contribution in [1.29, 1.82) is 0 Å². The van der Waals surface area contributed by atoms with E-state index >= 15 is 0 Å². The summed E-state index contributed by atoms with van der Waals surface area (Å²) in [7, 11) is 0. The lowest BCUT2D eigenvalue weighted by atomic mass is 10.1. The maximum absolute atomic E-state index is 12.1. The minimum absolute atomic E-state index is 0.0815. The quantitative estimate of drug-likeness (QED) is 0.695. The van der Waals surface area contributed by atoms with Crippen molar-refractivity contribution < 1.29 is 19.1 Å². The third-order valence-electron chi connectivity index (χ3n) is 3.90. The normalized spacial score (nSPS) is 10.6. The van der Waals surface area contributed by atoms with E-state index in [2.05, 4.69) is 19.2 Å². The van der Waals surface area contributed by atoms with Crippen molar-refractivity contribution in [1.82, 2.24) is 0 Å². The molecular formula is C22H27NO4. The topological polar surface area (TPSA) is 64.6 Å². The lowest BCUT2D eigenvalue weighted by molar-refractivity contribution is -0.118. The zero-order chi connectivity index (χ0) is 19.8. The molecule has 0 radical (unpaired) electrons. The van der Waals surface area contributed by atoms with Crippen molar-refractivity contribution in [2.45, 2.75) is 34.1 Å². The van der Waals surface area contributed by atoms with Crippen molar-refractivity contribution in [3.05, 3.63) is 59.2 Å². The summed E-state index contributed by atoms with van der Waals surface area (Å²) in [5.74, 6) is 0.538. The van der Waals surface area contributed by atoms with Crippen molar-refractivity contribution in [2.24, 2.45) is 5.92 Å². The van der Waals surface area contributed by atoms with Crippen LogP contribution < -0.4 is 10.1 Å². The molecule has 5 heteroatoms. The standard InChI is InChI=1S/C22H27NO4/c1-15(2)9-10-26-22(25)18-5-7-19(8-6-18)23-21(24)14-27-20-12-16(3)11-17(4)13-20/h5-8,11-13,15H,9-10,14H2,1-4H3,(H,23,24). The molecule has 0 aliphatic carbocycles. The highest BCUT2D eigenvalue weighted by molar-refractivity contribution is 5.93. The molecule has 144 valence electrons. The Kier molecular flexibility index (Phi) is 7.41. The van der Waals surface area contributed by atoms with Crippen LogP contribution in [0, 0.1) is 19.8 Å². The Morgan fingerprint density at radius 2 is 1.63 bits per heavy atom. The van der Waals surface area contributed by atoms with Crippen molar-refractivity contribution >= 4 is 17.6 Å². The molecule has 0 fully saturated rings. The van der Waals surface area contributed by atoms with Crippen molar-refractivity contribution in [3.8, 4) is 5.75 Å². The maximum Gasteiger partial charge on any atom is 0.338 e. The predicted molar refractivity (Wildman–Crippen MR) is 106 cm³/mol. The molecule has 2 aromatic carbocycles. The van der Waals surface area contributed by atoms with Gasteiger partial charge in [-0.05, 0) is 73.7 Å². The third kappa shape index (κ3) is 7.13. The number of nitrogens with one attached hydrogen (secondary N) is 1. The van der Waals surface area contributed by atoms with Crippen LogP contribution in [0.15, 0.2) is 42.5 Å². The summed E-state index contributed by atoms with van der Waals surface area (Å²) in [6.45, 7) is 8.45. The Balaban J connectivity index is 1.82. The molecule has 2 aromatic rings. The fraction of sp³-hybridized carbons (Fsp3) is 0.364. The monoisotopic (exact) mass is 369 g/mol. The first-order chi connectivity index (χ1) is 12.8. The summed E-state index contributed by atoms with van der Waals surface area (Å²) in [6.07, 6.45) is 0.834. The Bertz CT molecular complexity index is 761. The number of rotatable bonds is 8. The van der Waals surface area contributed by atoms with Crippen LogP contribution in [-0.4, -0.2) is 25.1 Å². The minimum Gasteiger partial charge on any atom is -0.484 e. The second kappa shape index (κ2) is 9.76. The summed E-state index contributed by atoms with van der Waals surface area (Å²) in [5, 5.41) is 2.75. The Morgan fingerprint density at radius 1 is 1.00 bits per heavy atom. The predicted octanol–water partition coefficient (Wildman–Crippen LogP) is 4.52. The number of aryl methyl sites for hydroxylation is 2. The highest BCUT2D eigenvalue weighted by Crippen LogP contribution is 2.16. The Labute approximate surface area is 160 Å². The van der Waals surface area contributed by atoms with Crippen LogP contribution in [0.2, 0.25) is 0 Å². The van der Waals surface area contributed by atoms with Gasteiger partial charge in [0.05, 0.1) is 12.2 Å². The smallest absolute Gasteiger partial charge is 0.338 e. The molecule has 1 amide bonds. The number of hydrogen-bond acceptors (Lipinski definition) is 4. The summed E-state index contributed by atoms with van der Waals surface area (Å²) in [4.78, 5) is 24.0. The molecule has 0 aliphatic heterocycles. The second-order valence-electron chi connectivity index (χ2n) is 7.06. The van der Waals surface area contributed by atoms with Gasteiger partial charge in [0.1, 0.15) is 5.75 Å². The molecule has 27 heavy (non-hydrogen) atoms. The van der Waals surface area contributed by atoms with Gasteiger partial charge in [-0.3, -0.25) is 4.79 Å². The summed E-state index contributed by atoms with van der Waals surface area (Å²) >= 11 is 0. The van der Waals surface area contributed by atoms with Gasteiger partial charge in [-0.1, -0.05) is 19.9 Å². The van der Waals surface area contributed by atoms with Gasteiger partial charge >= 0.3 is 5.97 Å². The zero-order valence-corrected chi connectivity index (χ0v) is 16.4. The summed E-state index contributed by atoms with van der Waals surface area (Å²) in [6, 6.07) is 12.4. The van der Waals surface area contributed by atoms with Gasteiger partial charge in [-0.25, -0.2) is 4.79 Å². The van der Waals surface area contributed by atoms with Crippen LogP contribution in [0.5, 0.6) is 5.75 Å². The van der Waals surface area contributed by atoms with Crippen molar-refractivity contribution in [3.63, 3.8) is 0 Å². The number of esters is 1. The average molecular weight is 369 g/mol. The van der Waals surface area contributed by atoms with Crippen LogP contribution in [0.4, 0.5) is 5.69 Å². The molecule has 0 unspecified atom stereocenters. The first-order valence-electron chi connectivity index (χ1n) is 9.11. The molecule has 0 aromatic heterocycles. The van der Waals surface area contributed by atoms with E-state index in [1.54, 1.807) is 24.3 Å². The number of amides is 1. The van der Waals surface area contributed by atoms with Crippen LogP contribution >= 0.6 is 0 Å². The molecular weight excluding hydrogens is 342 g/mol. The SMILES string of the molecule is Cc1cc(C)cc(OCC(=O)Nc2ccc(C(=O)OCCC(C)C)cc2)c1. The number of carbonyl (C=O) groups is 2. The molecule has 1 N–H and O–H groups in total. The summed E-state index contributed by atoms with van der Waals surface area (Å²) < 4.78 is 10.8. The third-order valence-corrected chi connectivity index (χ3v) is 3.90. The second-order valence-corrected chi connectivity index (χ2v) is 7.06. The van der Waals surface area contributed by atoms with Crippen molar-refractivity contribution in [2.75, 3.05) is 18.5 Å². The van der Waals surface area contributed by atoms with Gasteiger partial charge in [0.15, 0.2) is 6.61 Å². The number of benzene rings is 2. The highest BCUT2D eigenvalue weighted by Gasteiger charge is 2.09. The van der Waals surface area contributed by atoms with Crippen LogP contribution in [0.1, 0.15) is 41.8 Å². The van der Waals surface area contributed by atoms with Gasteiger partial charge < -0.3 is 14.8 Å². The van der Waals surface area contributed by atoms with E-state index in [1.165, 1.54) is 0 Å². The van der Waals surface area contributed by atoms with E-state index in [0.29, 0.717) is 29.5 Å². The van der Waals surface area contributed by atoms with E-state index < -0.39 is 0 Å². The van der Waals surface area contributed by atoms with Crippen LogP contribution in [0.3, 0.4) is 0 Å². The van der Waals surface area contributed by atoms with Gasteiger partial charge in [0.25, 0.3) is 5.91 Å². The molecule has 0 saturated heterocycles. The maximum atomic E-state index is 12.1. The number of carbonyl (C=O) groups excluding carboxylic acids is 2.